The quantitative estimate of drug-likeness (QED) is 0.777. The van der Waals surface area contributed by atoms with E-state index in [2.05, 4.69) is 9.97 Å². The molecule has 3 rings (SSSR count). The summed E-state index contributed by atoms with van der Waals surface area (Å²) in [6.45, 7) is 0. The van der Waals surface area contributed by atoms with Gasteiger partial charge in [-0.2, -0.15) is 0 Å². The van der Waals surface area contributed by atoms with Gasteiger partial charge in [-0.25, -0.2) is 0 Å². The molecule has 3 aromatic rings. The largest absolute Gasteiger partial charge is 0.388 e. The first-order valence-corrected chi connectivity index (χ1v) is 6.25. The molecular weight excluding hydrogens is 236 g/mol. The van der Waals surface area contributed by atoms with E-state index in [0.29, 0.717) is 6.42 Å². The summed E-state index contributed by atoms with van der Waals surface area (Å²) >= 11 is 0. The molecule has 0 aliphatic heterocycles. The van der Waals surface area contributed by atoms with Crippen LogP contribution in [-0.4, -0.2) is 15.1 Å². The Morgan fingerprint density at radius 3 is 2.74 bits per heavy atom. The Morgan fingerprint density at radius 1 is 1.00 bits per heavy atom. The average Bonchev–Trinajstić information content (AvgIpc) is 2.48. The summed E-state index contributed by atoms with van der Waals surface area (Å²) in [5, 5.41) is 11.3. The van der Waals surface area contributed by atoms with Crippen LogP contribution in [0.1, 0.15) is 17.4 Å². The van der Waals surface area contributed by atoms with Gasteiger partial charge in [0.15, 0.2) is 0 Å². The molecule has 0 spiro atoms. The molecule has 1 aromatic carbocycles. The number of aromatic nitrogens is 2. The van der Waals surface area contributed by atoms with Gasteiger partial charge in [0.25, 0.3) is 0 Å². The number of nitrogens with zero attached hydrogens (tertiary/aromatic N) is 2. The zero-order valence-corrected chi connectivity index (χ0v) is 10.4. The van der Waals surface area contributed by atoms with Crippen molar-refractivity contribution >= 4 is 10.9 Å². The van der Waals surface area contributed by atoms with E-state index >= 15 is 0 Å². The monoisotopic (exact) mass is 250 g/mol. The van der Waals surface area contributed by atoms with E-state index in [4.69, 9.17) is 0 Å². The van der Waals surface area contributed by atoms with Crippen LogP contribution < -0.4 is 0 Å². The van der Waals surface area contributed by atoms with Gasteiger partial charge in [-0.1, -0.05) is 30.3 Å². The number of benzene rings is 1. The second kappa shape index (κ2) is 5.16. The summed E-state index contributed by atoms with van der Waals surface area (Å²) in [6.07, 6.45) is 3.31. The van der Waals surface area contributed by atoms with Crippen molar-refractivity contribution in [2.45, 2.75) is 12.5 Å². The summed E-state index contributed by atoms with van der Waals surface area (Å²) in [5.74, 6) is 0. The van der Waals surface area contributed by atoms with Gasteiger partial charge in [0.05, 0.1) is 11.6 Å². The predicted molar refractivity (Wildman–Crippen MR) is 74.6 cm³/mol. The third-order valence-corrected chi connectivity index (χ3v) is 3.13. The lowest BCUT2D eigenvalue weighted by molar-refractivity contribution is 0.177. The maximum absolute atomic E-state index is 10.2. The topological polar surface area (TPSA) is 46.0 Å². The molecule has 0 saturated carbocycles. The van der Waals surface area contributed by atoms with Crippen LogP contribution in [0.4, 0.5) is 0 Å². The SMILES string of the molecule is OC(Cc1ccc2ccccc2n1)c1cccnc1. The standard InChI is InChI=1S/C16H14N2O/c19-16(13-5-3-9-17-11-13)10-14-8-7-12-4-1-2-6-15(12)18-14/h1-9,11,16,19H,10H2. The van der Waals surface area contributed by atoms with Crippen LogP contribution >= 0.6 is 0 Å². The molecule has 0 bridgehead atoms. The van der Waals surface area contributed by atoms with Gasteiger partial charge >= 0.3 is 0 Å². The van der Waals surface area contributed by atoms with Crippen molar-refractivity contribution in [3.8, 4) is 0 Å². The van der Waals surface area contributed by atoms with Crippen LogP contribution in [0, 0.1) is 0 Å². The van der Waals surface area contributed by atoms with Crippen LogP contribution in [-0.2, 0) is 6.42 Å². The van der Waals surface area contributed by atoms with Gasteiger partial charge in [0.1, 0.15) is 0 Å². The molecule has 0 amide bonds. The van der Waals surface area contributed by atoms with E-state index < -0.39 is 6.10 Å². The predicted octanol–water partition coefficient (Wildman–Crippen LogP) is 2.91. The van der Waals surface area contributed by atoms with Gasteiger partial charge in [-0.15, -0.1) is 0 Å². The van der Waals surface area contributed by atoms with Gasteiger partial charge in [0, 0.05) is 29.9 Å². The Morgan fingerprint density at radius 2 is 1.89 bits per heavy atom. The molecule has 2 heterocycles. The Labute approximate surface area is 111 Å². The Hall–Kier alpha value is -2.26. The zero-order valence-electron chi connectivity index (χ0n) is 10.4. The molecule has 1 atom stereocenters. The highest BCUT2D eigenvalue weighted by Crippen LogP contribution is 2.18. The highest BCUT2D eigenvalue weighted by Gasteiger charge is 2.09. The lowest BCUT2D eigenvalue weighted by atomic mass is 10.1. The average molecular weight is 250 g/mol. The van der Waals surface area contributed by atoms with Crippen LogP contribution in [0.25, 0.3) is 10.9 Å². The minimum atomic E-state index is -0.567. The molecule has 0 aliphatic rings. The second-order valence-electron chi connectivity index (χ2n) is 4.50. The third-order valence-electron chi connectivity index (χ3n) is 3.13. The number of aliphatic hydroxyl groups is 1. The molecule has 3 heteroatoms. The van der Waals surface area contributed by atoms with Crippen molar-refractivity contribution in [3.05, 3.63) is 72.2 Å². The molecule has 19 heavy (non-hydrogen) atoms. The molecule has 1 unspecified atom stereocenters. The minimum Gasteiger partial charge on any atom is -0.388 e. The van der Waals surface area contributed by atoms with Gasteiger partial charge in [0.2, 0.25) is 0 Å². The fraction of sp³-hybridized carbons (Fsp3) is 0.125. The summed E-state index contributed by atoms with van der Waals surface area (Å²) < 4.78 is 0. The van der Waals surface area contributed by atoms with Crippen molar-refractivity contribution in [1.29, 1.82) is 0 Å². The third kappa shape index (κ3) is 2.61. The highest BCUT2D eigenvalue weighted by atomic mass is 16.3. The molecule has 94 valence electrons. The summed E-state index contributed by atoms with van der Waals surface area (Å²) in [6, 6.07) is 15.7. The number of hydrogen-bond acceptors (Lipinski definition) is 3. The van der Waals surface area contributed by atoms with Crippen molar-refractivity contribution in [1.82, 2.24) is 9.97 Å². The fourth-order valence-corrected chi connectivity index (χ4v) is 2.11. The molecule has 3 nitrogen and oxygen atoms in total. The first-order valence-electron chi connectivity index (χ1n) is 6.25. The summed E-state index contributed by atoms with van der Waals surface area (Å²) in [5.41, 5.74) is 2.66. The maximum Gasteiger partial charge on any atom is 0.0860 e. The molecule has 0 saturated heterocycles. The van der Waals surface area contributed by atoms with Crippen LogP contribution in [0.3, 0.4) is 0 Å². The number of fused-ring (bicyclic) bond motifs is 1. The molecule has 0 fully saturated rings. The van der Waals surface area contributed by atoms with Crippen molar-refractivity contribution in [2.75, 3.05) is 0 Å². The van der Waals surface area contributed by atoms with E-state index in [9.17, 15) is 5.11 Å². The number of para-hydroxylation sites is 1. The van der Waals surface area contributed by atoms with Crippen LogP contribution in [0.15, 0.2) is 60.9 Å². The van der Waals surface area contributed by atoms with Gasteiger partial charge in [-0.3, -0.25) is 9.97 Å². The normalized spacial score (nSPS) is 12.5. The molecule has 0 radical (unpaired) electrons. The van der Waals surface area contributed by atoms with E-state index in [1.54, 1.807) is 12.4 Å². The smallest absolute Gasteiger partial charge is 0.0860 e. The van der Waals surface area contributed by atoms with Gasteiger partial charge in [-0.05, 0) is 23.8 Å². The highest BCUT2D eigenvalue weighted by molar-refractivity contribution is 5.78. The molecule has 2 aromatic heterocycles. The molecular formula is C16H14N2O. The first-order chi connectivity index (χ1) is 9.33. The lowest BCUT2D eigenvalue weighted by Crippen LogP contribution is -2.03. The van der Waals surface area contributed by atoms with Crippen LogP contribution in [0.5, 0.6) is 0 Å². The molecule has 0 aliphatic carbocycles. The summed E-state index contributed by atoms with van der Waals surface area (Å²) in [4.78, 5) is 8.58. The van der Waals surface area contributed by atoms with E-state index in [1.807, 2.05) is 48.5 Å². The Kier molecular flexibility index (Phi) is 3.21. The second-order valence-corrected chi connectivity index (χ2v) is 4.50. The first kappa shape index (κ1) is 11.8. The van der Waals surface area contributed by atoms with E-state index in [1.165, 1.54) is 0 Å². The van der Waals surface area contributed by atoms with E-state index in [0.717, 1.165) is 22.2 Å². The molecule has 1 N–H and O–H groups in total. The fourth-order valence-electron chi connectivity index (χ4n) is 2.11. The van der Waals surface area contributed by atoms with Gasteiger partial charge < -0.3 is 5.11 Å². The summed E-state index contributed by atoms with van der Waals surface area (Å²) in [7, 11) is 0. The van der Waals surface area contributed by atoms with Crippen molar-refractivity contribution in [3.63, 3.8) is 0 Å². The lowest BCUT2D eigenvalue weighted by Gasteiger charge is -2.10. The number of pyridine rings is 2. The maximum atomic E-state index is 10.2. The zero-order chi connectivity index (χ0) is 13.1. The van der Waals surface area contributed by atoms with Crippen molar-refractivity contribution < 1.29 is 5.11 Å². The number of rotatable bonds is 3. The number of aliphatic hydroxyl groups excluding tert-OH is 1. The Bertz CT molecular complexity index is 682. The number of hydrogen-bond donors (Lipinski definition) is 1. The van der Waals surface area contributed by atoms with Crippen LogP contribution in [0.2, 0.25) is 0 Å². The Balaban J connectivity index is 1.85. The minimum absolute atomic E-state index is 0.497. The van der Waals surface area contributed by atoms with E-state index in [-0.39, 0.29) is 0 Å². The van der Waals surface area contributed by atoms with Crippen molar-refractivity contribution in [2.24, 2.45) is 0 Å².